The smallest absolute Gasteiger partial charge is 0.0346 e. The Hall–Kier alpha value is -0.0900. The van der Waals surface area contributed by atoms with Crippen LogP contribution < -0.4 is 5.32 Å². The monoisotopic (exact) mass is 287 g/mol. The summed E-state index contributed by atoms with van der Waals surface area (Å²) in [6, 6.07) is 9.37. The first-order valence-corrected chi connectivity index (χ1v) is 5.82. The largest absolute Gasteiger partial charge is 0.313 e. The van der Waals surface area contributed by atoms with Gasteiger partial charge in [-0.1, -0.05) is 12.1 Å². The van der Waals surface area contributed by atoms with E-state index in [4.69, 9.17) is 0 Å². The molecule has 1 aliphatic rings. The second-order valence-electron chi connectivity index (χ2n) is 3.66. The Balaban J connectivity index is 2.21. The van der Waals surface area contributed by atoms with E-state index in [9.17, 15) is 0 Å². The second kappa shape index (κ2) is 3.96. The molecule has 1 aromatic rings. The molecule has 0 spiro atoms. The Morgan fingerprint density at radius 3 is 2.77 bits per heavy atom. The maximum Gasteiger partial charge on any atom is 0.0346 e. The normalized spacial score (nSPS) is 18.6. The molecule has 0 heterocycles. The van der Waals surface area contributed by atoms with Gasteiger partial charge >= 0.3 is 0 Å². The number of rotatable bonds is 3. The predicted octanol–water partition coefficient (Wildman–Crippen LogP) is 2.96. The molecule has 13 heavy (non-hydrogen) atoms. The summed E-state index contributed by atoms with van der Waals surface area (Å²) in [5, 5.41) is 3.40. The van der Waals surface area contributed by atoms with Crippen LogP contribution in [-0.4, -0.2) is 7.05 Å². The summed E-state index contributed by atoms with van der Waals surface area (Å²) in [5.41, 5.74) is 1.44. The fourth-order valence-corrected chi connectivity index (χ4v) is 2.37. The first kappa shape index (κ1) is 9.46. The van der Waals surface area contributed by atoms with Crippen molar-refractivity contribution in [1.29, 1.82) is 0 Å². The molecule has 0 radical (unpaired) electrons. The molecule has 1 fully saturated rings. The van der Waals surface area contributed by atoms with E-state index < -0.39 is 0 Å². The Morgan fingerprint density at radius 1 is 1.46 bits per heavy atom. The van der Waals surface area contributed by atoms with Crippen LogP contribution in [0.5, 0.6) is 0 Å². The summed E-state index contributed by atoms with van der Waals surface area (Å²) in [6.45, 7) is 0. The fourth-order valence-electron chi connectivity index (χ4n) is 1.80. The highest BCUT2D eigenvalue weighted by atomic mass is 127. The van der Waals surface area contributed by atoms with Gasteiger partial charge in [0.2, 0.25) is 0 Å². The van der Waals surface area contributed by atoms with Crippen molar-refractivity contribution in [3.63, 3.8) is 0 Å². The third-order valence-electron chi connectivity index (χ3n) is 2.61. The molecule has 70 valence electrons. The van der Waals surface area contributed by atoms with Gasteiger partial charge in [-0.25, -0.2) is 0 Å². The quantitative estimate of drug-likeness (QED) is 0.843. The SMILES string of the molecule is CNC(c1cccc(I)c1)C1CC1. The zero-order valence-electron chi connectivity index (χ0n) is 7.76. The van der Waals surface area contributed by atoms with Crippen LogP contribution in [0.2, 0.25) is 0 Å². The first-order chi connectivity index (χ1) is 6.31. The molecule has 1 aromatic carbocycles. The van der Waals surface area contributed by atoms with Crippen molar-refractivity contribution in [3.8, 4) is 0 Å². The summed E-state index contributed by atoms with van der Waals surface area (Å²) in [5.74, 6) is 0.878. The lowest BCUT2D eigenvalue weighted by atomic mass is 10.0. The Bertz CT molecular complexity index is 294. The van der Waals surface area contributed by atoms with Gasteiger partial charge in [0.25, 0.3) is 0 Å². The number of hydrogen-bond acceptors (Lipinski definition) is 1. The predicted molar refractivity (Wildman–Crippen MR) is 63.7 cm³/mol. The minimum absolute atomic E-state index is 0.578. The van der Waals surface area contributed by atoms with Gasteiger partial charge in [0.15, 0.2) is 0 Å². The average molecular weight is 287 g/mol. The van der Waals surface area contributed by atoms with Crippen molar-refractivity contribution in [3.05, 3.63) is 33.4 Å². The van der Waals surface area contributed by atoms with Gasteiger partial charge in [-0.05, 0) is 66.1 Å². The Labute approximate surface area is 93.1 Å². The topological polar surface area (TPSA) is 12.0 Å². The average Bonchev–Trinajstić information content (AvgIpc) is 2.90. The fraction of sp³-hybridized carbons (Fsp3) is 0.455. The summed E-state index contributed by atoms with van der Waals surface area (Å²) in [7, 11) is 2.06. The van der Waals surface area contributed by atoms with Crippen LogP contribution in [0.4, 0.5) is 0 Å². The number of nitrogens with one attached hydrogen (secondary N) is 1. The zero-order valence-corrected chi connectivity index (χ0v) is 9.91. The van der Waals surface area contributed by atoms with Crippen molar-refractivity contribution >= 4 is 22.6 Å². The third-order valence-corrected chi connectivity index (χ3v) is 3.28. The second-order valence-corrected chi connectivity index (χ2v) is 4.90. The lowest BCUT2D eigenvalue weighted by molar-refractivity contribution is 0.528. The van der Waals surface area contributed by atoms with Gasteiger partial charge < -0.3 is 5.32 Å². The van der Waals surface area contributed by atoms with Crippen molar-refractivity contribution in [1.82, 2.24) is 5.32 Å². The maximum atomic E-state index is 3.40. The molecule has 0 aliphatic heterocycles. The number of halogens is 1. The van der Waals surface area contributed by atoms with Gasteiger partial charge in [-0.15, -0.1) is 0 Å². The van der Waals surface area contributed by atoms with E-state index in [2.05, 4.69) is 59.2 Å². The maximum absolute atomic E-state index is 3.40. The molecule has 1 saturated carbocycles. The van der Waals surface area contributed by atoms with Gasteiger partial charge in [-0.3, -0.25) is 0 Å². The van der Waals surface area contributed by atoms with Crippen molar-refractivity contribution in [2.24, 2.45) is 5.92 Å². The molecular formula is C11H14IN. The van der Waals surface area contributed by atoms with E-state index in [0.29, 0.717) is 6.04 Å². The summed E-state index contributed by atoms with van der Waals surface area (Å²) in [6.07, 6.45) is 2.77. The molecule has 1 N–H and O–H groups in total. The van der Waals surface area contributed by atoms with Crippen LogP contribution in [0.1, 0.15) is 24.4 Å². The van der Waals surface area contributed by atoms with E-state index in [0.717, 1.165) is 5.92 Å². The zero-order chi connectivity index (χ0) is 9.26. The van der Waals surface area contributed by atoms with Crippen LogP contribution in [0.15, 0.2) is 24.3 Å². The summed E-state index contributed by atoms with van der Waals surface area (Å²) < 4.78 is 1.33. The standard InChI is InChI=1S/C11H14IN/c1-13-11(8-5-6-8)9-3-2-4-10(12)7-9/h2-4,7-8,11,13H,5-6H2,1H3. The molecule has 2 heteroatoms. The Morgan fingerprint density at radius 2 is 2.23 bits per heavy atom. The van der Waals surface area contributed by atoms with Crippen LogP contribution >= 0.6 is 22.6 Å². The van der Waals surface area contributed by atoms with E-state index in [1.54, 1.807) is 0 Å². The number of benzene rings is 1. The van der Waals surface area contributed by atoms with Gasteiger partial charge in [-0.2, -0.15) is 0 Å². The van der Waals surface area contributed by atoms with Crippen molar-refractivity contribution < 1.29 is 0 Å². The van der Waals surface area contributed by atoms with E-state index in [1.165, 1.54) is 22.0 Å². The van der Waals surface area contributed by atoms with Crippen LogP contribution in [0.3, 0.4) is 0 Å². The molecule has 1 nitrogen and oxygen atoms in total. The van der Waals surface area contributed by atoms with Crippen LogP contribution in [0, 0.1) is 9.49 Å². The molecular weight excluding hydrogens is 273 g/mol. The molecule has 0 bridgehead atoms. The van der Waals surface area contributed by atoms with Crippen LogP contribution in [0.25, 0.3) is 0 Å². The highest BCUT2D eigenvalue weighted by molar-refractivity contribution is 14.1. The van der Waals surface area contributed by atoms with E-state index >= 15 is 0 Å². The molecule has 0 saturated heterocycles. The lowest BCUT2D eigenvalue weighted by Gasteiger charge is -2.15. The summed E-state index contributed by atoms with van der Waals surface area (Å²) in [4.78, 5) is 0. The minimum Gasteiger partial charge on any atom is -0.313 e. The lowest BCUT2D eigenvalue weighted by Crippen LogP contribution is -2.18. The van der Waals surface area contributed by atoms with E-state index in [-0.39, 0.29) is 0 Å². The van der Waals surface area contributed by atoms with E-state index in [1.807, 2.05) is 0 Å². The van der Waals surface area contributed by atoms with Gasteiger partial charge in [0, 0.05) is 9.61 Å². The molecule has 2 rings (SSSR count). The Kier molecular flexibility index (Phi) is 2.89. The van der Waals surface area contributed by atoms with Crippen molar-refractivity contribution in [2.45, 2.75) is 18.9 Å². The molecule has 0 amide bonds. The van der Waals surface area contributed by atoms with Gasteiger partial charge in [0.1, 0.15) is 0 Å². The minimum atomic E-state index is 0.578. The molecule has 0 aromatic heterocycles. The third kappa shape index (κ3) is 2.23. The molecule has 1 aliphatic carbocycles. The number of hydrogen-bond donors (Lipinski definition) is 1. The molecule has 1 unspecified atom stereocenters. The van der Waals surface area contributed by atoms with Crippen LogP contribution in [-0.2, 0) is 0 Å². The highest BCUT2D eigenvalue weighted by Gasteiger charge is 2.30. The first-order valence-electron chi connectivity index (χ1n) is 4.74. The highest BCUT2D eigenvalue weighted by Crippen LogP contribution is 2.40. The van der Waals surface area contributed by atoms with Crippen molar-refractivity contribution in [2.75, 3.05) is 7.05 Å². The molecule has 1 atom stereocenters. The van der Waals surface area contributed by atoms with Gasteiger partial charge in [0.05, 0.1) is 0 Å². The summed E-state index contributed by atoms with van der Waals surface area (Å²) >= 11 is 2.37.